The zero-order chi connectivity index (χ0) is 35.1. The maximum atomic E-state index is 12.5. The highest BCUT2D eigenvalue weighted by Crippen LogP contribution is 2.41. The van der Waals surface area contributed by atoms with E-state index in [0.29, 0.717) is 37.9 Å². The van der Waals surface area contributed by atoms with Crippen LogP contribution in [0.5, 0.6) is 23.0 Å². The van der Waals surface area contributed by atoms with Gasteiger partial charge in [0.15, 0.2) is 0 Å². The van der Waals surface area contributed by atoms with E-state index in [0.717, 1.165) is 29.2 Å². The van der Waals surface area contributed by atoms with Gasteiger partial charge in [0.05, 0.1) is 26.8 Å². The number of methoxy groups -OCH3 is 2. The molecule has 0 radical (unpaired) electrons. The number of rotatable bonds is 13. The third-order valence-corrected chi connectivity index (χ3v) is 8.45. The van der Waals surface area contributed by atoms with Crippen LogP contribution in [0, 0.1) is 5.92 Å². The molecular weight excluding hydrogens is 618 g/mol. The maximum Gasteiger partial charge on any atom is 0.407 e. The summed E-state index contributed by atoms with van der Waals surface area (Å²) in [4.78, 5) is 12.5. The number of nitrogens with zero attached hydrogens (tertiary/aromatic N) is 2. The largest absolute Gasteiger partial charge is 0.497 e. The lowest BCUT2D eigenvalue weighted by Crippen LogP contribution is -2.42. The van der Waals surface area contributed by atoms with Gasteiger partial charge < -0.3 is 34.0 Å². The second-order valence-corrected chi connectivity index (χ2v) is 14.1. The van der Waals surface area contributed by atoms with Crippen LogP contribution < -0.4 is 24.3 Å². The molecule has 2 aliphatic heterocycles. The molecule has 0 aliphatic carbocycles. The first-order valence-electron chi connectivity index (χ1n) is 17.0. The SMILES string of the molecule is COc1ccc(CN(Cc2ccc(OC)cc2)N2C=CC3=C(C2)c2ccc(OC[C@H](CC(C)C)NC(=O)OC(C)(C)C)cc2OC3C)cc1. The molecule has 0 fully saturated rings. The minimum atomic E-state index is -0.570. The summed E-state index contributed by atoms with van der Waals surface area (Å²) < 4.78 is 29.0. The lowest BCUT2D eigenvalue weighted by molar-refractivity contribution is 0.0142. The average Bonchev–Trinajstić information content (AvgIpc) is 3.06. The van der Waals surface area contributed by atoms with E-state index in [1.54, 1.807) is 14.2 Å². The van der Waals surface area contributed by atoms with Gasteiger partial charge in [-0.25, -0.2) is 9.80 Å². The summed E-state index contributed by atoms with van der Waals surface area (Å²) in [7, 11) is 3.37. The van der Waals surface area contributed by atoms with Gasteiger partial charge in [0.1, 0.15) is 41.3 Å². The molecule has 0 bridgehead atoms. The highest BCUT2D eigenvalue weighted by molar-refractivity contribution is 5.80. The molecule has 0 saturated heterocycles. The quantitative estimate of drug-likeness (QED) is 0.196. The summed E-state index contributed by atoms with van der Waals surface area (Å²) in [5, 5.41) is 7.63. The van der Waals surface area contributed by atoms with Crippen molar-refractivity contribution in [2.24, 2.45) is 5.92 Å². The van der Waals surface area contributed by atoms with Gasteiger partial charge in [-0.3, -0.25) is 0 Å². The minimum absolute atomic E-state index is 0.115. The van der Waals surface area contributed by atoms with Crippen molar-refractivity contribution < 1.29 is 28.5 Å². The van der Waals surface area contributed by atoms with Gasteiger partial charge in [-0.15, -0.1) is 0 Å². The molecule has 0 spiro atoms. The molecule has 2 heterocycles. The second-order valence-electron chi connectivity index (χ2n) is 14.1. The van der Waals surface area contributed by atoms with Crippen LogP contribution >= 0.6 is 0 Å². The summed E-state index contributed by atoms with van der Waals surface area (Å²) >= 11 is 0. The number of benzene rings is 3. The second kappa shape index (κ2) is 15.7. The van der Waals surface area contributed by atoms with E-state index >= 15 is 0 Å². The number of ether oxygens (including phenoxy) is 5. The summed E-state index contributed by atoms with van der Waals surface area (Å²) in [6, 6.07) is 22.3. The van der Waals surface area contributed by atoms with E-state index in [1.165, 1.54) is 22.3 Å². The highest BCUT2D eigenvalue weighted by atomic mass is 16.6. The first kappa shape index (κ1) is 35.7. The van der Waals surface area contributed by atoms with Crippen LogP contribution in [-0.4, -0.2) is 61.2 Å². The lowest BCUT2D eigenvalue weighted by atomic mass is 9.91. The Morgan fingerprint density at radius 3 is 2.08 bits per heavy atom. The number of carbonyl (C=O) groups excluding carboxylic acids is 1. The summed E-state index contributed by atoms with van der Waals surface area (Å²) in [6.07, 6.45) is 4.53. The number of hydrogen-bond donors (Lipinski definition) is 1. The first-order valence-corrected chi connectivity index (χ1v) is 17.0. The number of alkyl carbamates (subject to hydrolysis) is 1. The molecule has 9 nitrogen and oxygen atoms in total. The Bertz CT molecular complexity index is 1580. The van der Waals surface area contributed by atoms with Gasteiger partial charge in [0.25, 0.3) is 0 Å². The molecule has 0 aromatic heterocycles. The summed E-state index contributed by atoms with van der Waals surface area (Å²) in [5.74, 6) is 3.53. The molecule has 9 heteroatoms. The van der Waals surface area contributed by atoms with Crippen molar-refractivity contribution in [2.45, 2.75) is 78.8 Å². The highest BCUT2D eigenvalue weighted by Gasteiger charge is 2.30. The number of carbonyl (C=O) groups is 1. The number of fused-ring (bicyclic) bond motifs is 2. The zero-order valence-corrected chi connectivity index (χ0v) is 30.1. The maximum absolute atomic E-state index is 12.5. The van der Waals surface area contributed by atoms with Crippen LogP contribution in [0.4, 0.5) is 4.79 Å². The molecule has 1 amide bonds. The minimum Gasteiger partial charge on any atom is -0.497 e. The van der Waals surface area contributed by atoms with E-state index in [1.807, 2.05) is 57.2 Å². The molecule has 1 unspecified atom stereocenters. The van der Waals surface area contributed by atoms with Gasteiger partial charge in [-0.05, 0) is 105 Å². The molecule has 5 rings (SSSR count). The van der Waals surface area contributed by atoms with Gasteiger partial charge in [0.2, 0.25) is 0 Å². The third kappa shape index (κ3) is 9.72. The van der Waals surface area contributed by atoms with Crippen molar-refractivity contribution in [1.29, 1.82) is 0 Å². The Morgan fingerprint density at radius 2 is 1.53 bits per heavy atom. The monoisotopic (exact) mass is 669 g/mol. The van der Waals surface area contributed by atoms with Crippen LogP contribution in [-0.2, 0) is 17.8 Å². The summed E-state index contributed by atoms with van der Waals surface area (Å²) in [5.41, 5.74) is 5.24. The van der Waals surface area contributed by atoms with Gasteiger partial charge in [0, 0.05) is 30.9 Å². The topological polar surface area (TPSA) is 81.7 Å². The van der Waals surface area contributed by atoms with Crippen LogP contribution in [0.25, 0.3) is 5.57 Å². The van der Waals surface area contributed by atoms with Crippen molar-refractivity contribution in [3.63, 3.8) is 0 Å². The van der Waals surface area contributed by atoms with Crippen molar-refractivity contribution >= 4 is 11.7 Å². The fourth-order valence-corrected chi connectivity index (χ4v) is 6.11. The molecule has 262 valence electrons. The van der Waals surface area contributed by atoms with Gasteiger partial charge in [-0.1, -0.05) is 38.1 Å². The van der Waals surface area contributed by atoms with E-state index in [4.69, 9.17) is 23.7 Å². The van der Waals surface area contributed by atoms with E-state index < -0.39 is 11.7 Å². The summed E-state index contributed by atoms with van der Waals surface area (Å²) in [6.45, 7) is 14.3. The predicted octanol–water partition coefficient (Wildman–Crippen LogP) is 8.00. The Kier molecular flexibility index (Phi) is 11.4. The van der Waals surface area contributed by atoms with Crippen LogP contribution in [0.3, 0.4) is 0 Å². The fourth-order valence-electron chi connectivity index (χ4n) is 6.11. The van der Waals surface area contributed by atoms with Crippen molar-refractivity contribution in [3.8, 4) is 23.0 Å². The molecule has 2 atom stereocenters. The Hall–Kier alpha value is -4.63. The number of hydrogen-bond acceptors (Lipinski definition) is 8. The van der Waals surface area contributed by atoms with E-state index in [2.05, 4.69) is 78.7 Å². The van der Waals surface area contributed by atoms with Crippen molar-refractivity contribution in [3.05, 3.63) is 101 Å². The molecule has 3 aromatic rings. The Labute approximate surface area is 291 Å². The number of amides is 1. The van der Waals surface area contributed by atoms with Gasteiger partial charge in [-0.2, -0.15) is 0 Å². The number of hydrazine groups is 1. The molecule has 0 saturated carbocycles. The normalized spacial score (nSPS) is 16.1. The molecule has 2 aliphatic rings. The van der Waals surface area contributed by atoms with Crippen LogP contribution in [0.15, 0.2) is 84.6 Å². The molecule has 1 N–H and O–H groups in total. The standard InChI is InChI=1S/C40H51N3O6/c1-27(2)21-31(41-39(44)49-40(4,5)6)26-47-34-17-18-36-37-25-42(20-19-35(37)28(3)48-38(36)22-34)43(23-29-9-13-32(45-7)14-10-29)24-30-11-15-33(46-8)16-12-30/h9-20,22,27-28,31H,21,23-26H2,1-8H3,(H,41,44)/t28?,31-/m0/s1. The Morgan fingerprint density at radius 1 is 0.939 bits per heavy atom. The predicted molar refractivity (Wildman–Crippen MR) is 193 cm³/mol. The van der Waals surface area contributed by atoms with Gasteiger partial charge >= 0.3 is 6.09 Å². The molecule has 49 heavy (non-hydrogen) atoms. The number of nitrogens with one attached hydrogen (secondary N) is 1. The molecule has 3 aromatic carbocycles. The first-order chi connectivity index (χ1) is 23.4. The van der Waals surface area contributed by atoms with E-state index in [-0.39, 0.29) is 12.1 Å². The average molecular weight is 670 g/mol. The van der Waals surface area contributed by atoms with Crippen LogP contribution in [0.1, 0.15) is 64.7 Å². The Balaban J connectivity index is 1.33. The molecular formula is C40H51N3O6. The fraction of sp³-hybridized carbons (Fsp3) is 0.425. The lowest BCUT2D eigenvalue weighted by Gasteiger charge is -2.40. The smallest absolute Gasteiger partial charge is 0.407 e. The van der Waals surface area contributed by atoms with Crippen molar-refractivity contribution in [1.82, 2.24) is 15.3 Å². The van der Waals surface area contributed by atoms with Crippen molar-refractivity contribution in [2.75, 3.05) is 27.4 Å². The van der Waals surface area contributed by atoms with Crippen LogP contribution in [0.2, 0.25) is 0 Å². The van der Waals surface area contributed by atoms with E-state index in [9.17, 15) is 4.79 Å². The third-order valence-electron chi connectivity index (χ3n) is 8.45. The zero-order valence-electron chi connectivity index (χ0n) is 30.1.